The van der Waals surface area contributed by atoms with Gasteiger partial charge in [0.05, 0.1) is 23.4 Å². The molecule has 0 aliphatic carbocycles. The molecule has 3 aliphatic rings. The van der Waals surface area contributed by atoms with Crippen molar-refractivity contribution < 1.29 is 52.7 Å². The van der Waals surface area contributed by atoms with Crippen molar-refractivity contribution >= 4 is 80.4 Å². The number of benzene rings is 1. The summed E-state index contributed by atoms with van der Waals surface area (Å²) in [4.78, 5) is 121. The van der Waals surface area contributed by atoms with Gasteiger partial charge in [0.25, 0.3) is 35.4 Å². The lowest BCUT2D eigenvalue weighted by Crippen LogP contribution is -2.36. The van der Waals surface area contributed by atoms with Gasteiger partial charge in [-0.05, 0) is 54.0 Å². The Morgan fingerprint density at radius 3 is 2.12 bits per heavy atom. The highest BCUT2D eigenvalue weighted by Crippen LogP contribution is 2.41. The smallest absolute Gasteiger partial charge is 0.363 e. The van der Waals surface area contributed by atoms with Crippen LogP contribution in [0.15, 0.2) is 65.7 Å². The number of nitrogens with zero attached hydrogens (tertiary/aromatic N) is 4. The Hall–Kier alpha value is -5.66. The lowest BCUT2D eigenvalue weighted by Gasteiger charge is -2.15. The Bertz CT molecular complexity index is 1940. The molecule has 56 heavy (non-hydrogen) atoms. The number of nitrogens with one attached hydrogen (secondary N) is 2. The van der Waals surface area contributed by atoms with E-state index >= 15 is 0 Å². The Balaban J connectivity index is 0.961. The van der Waals surface area contributed by atoms with Crippen LogP contribution in [0.25, 0.3) is 5.57 Å². The van der Waals surface area contributed by atoms with Gasteiger partial charge in [-0.1, -0.05) is 29.0 Å². The molecule has 17 nitrogen and oxygen atoms in total. The van der Waals surface area contributed by atoms with Gasteiger partial charge >= 0.3 is 5.97 Å². The number of carbonyl (C=O) groups is 9. The molecule has 3 aliphatic heterocycles. The third-order valence-electron chi connectivity index (χ3n) is 8.46. The summed E-state index contributed by atoms with van der Waals surface area (Å²) < 4.78 is 5.45. The largest absolute Gasteiger partial charge is 0.380 e. The summed E-state index contributed by atoms with van der Waals surface area (Å²) in [5.74, 6) is -4.56. The van der Waals surface area contributed by atoms with Crippen LogP contribution in [0.4, 0.5) is 0 Å². The monoisotopic (exact) mass is 806 g/mol. The van der Waals surface area contributed by atoms with E-state index in [9.17, 15) is 43.2 Å². The summed E-state index contributed by atoms with van der Waals surface area (Å²) in [6.45, 7) is 2.95. The van der Waals surface area contributed by atoms with E-state index in [0.717, 1.165) is 27.5 Å². The highest BCUT2D eigenvalue weighted by Gasteiger charge is 2.34. The van der Waals surface area contributed by atoms with Crippen LogP contribution in [-0.2, 0) is 47.9 Å². The van der Waals surface area contributed by atoms with Crippen LogP contribution < -0.4 is 10.6 Å². The number of rotatable bonds is 20. The fourth-order valence-corrected chi connectivity index (χ4v) is 7.52. The number of amides is 8. The summed E-state index contributed by atoms with van der Waals surface area (Å²) in [7, 11) is 2.84. The molecule has 2 aromatic rings. The van der Waals surface area contributed by atoms with E-state index in [0.29, 0.717) is 35.4 Å². The second kappa shape index (κ2) is 19.8. The summed E-state index contributed by atoms with van der Waals surface area (Å²) in [5, 5.41) is 6.40. The summed E-state index contributed by atoms with van der Waals surface area (Å²) in [6, 6.07) is 11.7. The Morgan fingerprint density at radius 2 is 1.45 bits per heavy atom. The van der Waals surface area contributed by atoms with Gasteiger partial charge in [0.1, 0.15) is 5.03 Å². The normalized spacial score (nSPS) is 15.9. The first kappa shape index (κ1) is 41.5. The maximum Gasteiger partial charge on any atom is 0.363 e. The van der Waals surface area contributed by atoms with E-state index in [-0.39, 0.29) is 80.1 Å². The third kappa shape index (κ3) is 11.2. The highest BCUT2D eigenvalue weighted by molar-refractivity contribution is 8.76. The molecule has 0 radical (unpaired) electrons. The van der Waals surface area contributed by atoms with E-state index in [1.807, 2.05) is 6.92 Å². The molecule has 1 unspecified atom stereocenters. The van der Waals surface area contributed by atoms with Crippen molar-refractivity contribution in [2.75, 3.05) is 39.4 Å². The predicted octanol–water partition coefficient (Wildman–Crippen LogP) is 1.90. The number of aromatic nitrogens is 1. The highest BCUT2D eigenvalue weighted by atomic mass is 33.1. The Kier molecular flexibility index (Phi) is 14.7. The van der Waals surface area contributed by atoms with E-state index in [4.69, 9.17) is 9.57 Å². The first-order valence-corrected chi connectivity index (χ1v) is 19.8. The van der Waals surface area contributed by atoms with Crippen molar-refractivity contribution in [1.29, 1.82) is 0 Å². The topological polar surface area (TPSA) is 219 Å². The van der Waals surface area contributed by atoms with Crippen LogP contribution in [0.1, 0.15) is 65.9 Å². The molecule has 1 fully saturated rings. The lowest BCUT2D eigenvalue weighted by atomic mass is 10.1. The van der Waals surface area contributed by atoms with Gasteiger partial charge in [0.2, 0.25) is 11.8 Å². The van der Waals surface area contributed by atoms with Crippen molar-refractivity contribution in [3.05, 3.63) is 77.5 Å². The average molecular weight is 807 g/mol. The minimum Gasteiger partial charge on any atom is -0.380 e. The van der Waals surface area contributed by atoms with Crippen LogP contribution in [-0.4, -0.2) is 112 Å². The van der Waals surface area contributed by atoms with Crippen LogP contribution in [0.5, 0.6) is 0 Å². The molecule has 1 saturated heterocycles. The van der Waals surface area contributed by atoms with Gasteiger partial charge < -0.3 is 20.2 Å². The van der Waals surface area contributed by atoms with Crippen molar-refractivity contribution in [1.82, 2.24) is 30.5 Å². The Labute approximate surface area is 328 Å². The first-order valence-electron chi connectivity index (χ1n) is 17.6. The summed E-state index contributed by atoms with van der Waals surface area (Å²) in [6.07, 6.45) is 3.93. The fourth-order valence-electron chi connectivity index (χ4n) is 5.40. The summed E-state index contributed by atoms with van der Waals surface area (Å²) in [5.41, 5.74) is 1.51. The molecular formula is C37H38N6O11S2. The molecule has 1 aromatic carbocycles. The van der Waals surface area contributed by atoms with E-state index in [1.165, 1.54) is 27.7 Å². The number of hydrogen-bond acceptors (Lipinski definition) is 14. The molecule has 1 atom stereocenters. The maximum atomic E-state index is 13.2. The van der Waals surface area contributed by atoms with E-state index in [2.05, 4.69) is 15.6 Å². The number of pyridine rings is 1. The van der Waals surface area contributed by atoms with Crippen LogP contribution in [0, 0.1) is 0 Å². The SMILES string of the molecule is CC(SSc1cccc(C2=CC(=O)N(CCC(=O)NCCCOCCNC(=O)CCN3C(=O)C=CC3=O)C2=O)n1)c1ccc(C(=O)ON2C(=O)CCC2=O)cc1. The zero-order valence-electron chi connectivity index (χ0n) is 30.2. The molecular weight excluding hydrogens is 769 g/mol. The average Bonchev–Trinajstić information content (AvgIpc) is 3.80. The number of ether oxygens (including phenoxy) is 1. The molecule has 8 amide bonds. The fraction of sp³-hybridized carbons (Fsp3) is 0.351. The van der Waals surface area contributed by atoms with Gasteiger partial charge in [0, 0.05) is 81.9 Å². The van der Waals surface area contributed by atoms with Crippen LogP contribution in [0.2, 0.25) is 0 Å². The molecule has 19 heteroatoms. The second-order valence-electron chi connectivity index (χ2n) is 12.4. The van der Waals surface area contributed by atoms with Crippen molar-refractivity contribution in [2.45, 2.75) is 49.3 Å². The predicted molar refractivity (Wildman–Crippen MR) is 200 cm³/mol. The van der Waals surface area contributed by atoms with Gasteiger partial charge in [-0.3, -0.25) is 48.2 Å². The molecule has 0 spiro atoms. The zero-order valence-corrected chi connectivity index (χ0v) is 31.9. The molecule has 294 valence electrons. The quantitative estimate of drug-likeness (QED) is 0.111. The van der Waals surface area contributed by atoms with Crippen molar-refractivity contribution in [3.8, 4) is 0 Å². The standard InChI is InChI=1S/C37H38N6O11S2/c1-23(24-6-8-25(9-7-24)37(52)54-43-33(48)12-13-34(43)49)55-56-30-5-2-4-27(40-30)26-22-35(50)42(36(26)51)19-15-28(44)38-16-3-20-53-21-17-39-29(45)14-18-41-31(46)10-11-32(41)47/h2,4-11,22-23H,3,12-21H2,1H3,(H,38,44)(H,39,45). The number of hydrogen-bond donors (Lipinski definition) is 2. The minimum atomic E-state index is -0.811. The maximum absolute atomic E-state index is 13.2. The molecule has 4 heterocycles. The van der Waals surface area contributed by atoms with Crippen molar-refractivity contribution in [2.24, 2.45) is 0 Å². The number of imide groups is 3. The lowest BCUT2D eigenvalue weighted by molar-refractivity contribution is -0.172. The first-order chi connectivity index (χ1) is 26.9. The molecule has 2 N–H and O–H groups in total. The number of carbonyl (C=O) groups excluding carboxylic acids is 9. The second-order valence-corrected chi connectivity index (χ2v) is 15.0. The molecule has 1 aromatic heterocycles. The zero-order chi connectivity index (χ0) is 40.2. The van der Waals surface area contributed by atoms with Crippen LogP contribution >= 0.6 is 21.6 Å². The van der Waals surface area contributed by atoms with E-state index in [1.54, 1.807) is 42.5 Å². The van der Waals surface area contributed by atoms with Gasteiger partial charge in [0.15, 0.2) is 0 Å². The molecule has 5 rings (SSSR count). The van der Waals surface area contributed by atoms with Gasteiger partial charge in [-0.2, -0.15) is 0 Å². The van der Waals surface area contributed by atoms with E-state index < -0.39 is 41.4 Å². The number of hydroxylamine groups is 2. The van der Waals surface area contributed by atoms with Gasteiger partial charge in [-0.25, -0.2) is 9.78 Å². The minimum absolute atomic E-state index is 0.00129. The van der Waals surface area contributed by atoms with Crippen molar-refractivity contribution in [3.63, 3.8) is 0 Å². The Morgan fingerprint density at radius 1 is 0.804 bits per heavy atom. The molecule has 0 saturated carbocycles. The summed E-state index contributed by atoms with van der Waals surface area (Å²) >= 11 is 0. The molecule has 0 bridgehead atoms. The van der Waals surface area contributed by atoms with Crippen LogP contribution in [0.3, 0.4) is 0 Å². The third-order valence-corrected chi connectivity index (χ3v) is 11.2. The van der Waals surface area contributed by atoms with Gasteiger partial charge in [-0.15, -0.1) is 5.06 Å².